The number of hydrogen-bond acceptors (Lipinski definition) is 5. The summed E-state index contributed by atoms with van der Waals surface area (Å²) in [5.74, 6) is -0.697. The lowest BCUT2D eigenvalue weighted by Crippen LogP contribution is -2.34. The number of benzene rings is 1. The van der Waals surface area contributed by atoms with E-state index >= 15 is 0 Å². The quantitative estimate of drug-likeness (QED) is 0.580. The predicted molar refractivity (Wildman–Crippen MR) is 107 cm³/mol. The van der Waals surface area contributed by atoms with Gasteiger partial charge in [-0.15, -0.1) is 11.3 Å². The number of fused-ring (bicyclic) bond motifs is 1. The van der Waals surface area contributed by atoms with Gasteiger partial charge in [0.15, 0.2) is 6.61 Å². The summed E-state index contributed by atoms with van der Waals surface area (Å²) in [6.45, 7) is 6.59. The minimum Gasteiger partial charge on any atom is -0.451 e. The number of thiophene rings is 1. The van der Waals surface area contributed by atoms with Gasteiger partial charge in [0, 0.05) is 23.5 Å². The molecule has 3 aromatic rings. The third kappa shape index (κ3) is 3.99. The van der Waals surface area contributed by atoms with Crippen molar-refractivity contribution in [1.82, 2.24) is 14.7 Å². The Balaban J connectivity index is 1.82. The molecule has 2 aromatic heterocycles. The lowest BCUT2D eigenvalue weighted by Gasteiger charge is -2.17. The number of carbonyl (C=O) groups is 2. The first-order chi connectivity index (χ1) is 12.9. The lowest BCUT2D eigenvalue weighted by molar-refractivity contribution is -0.134. The zero-order valence-electron chi connectivity index (χ0n) is 15.4. The molecule has 0 bridgehead atoms. The van der Waals surface area contributed by atoms with Crippen LogP contribution in [0.15, 0.2) is 30.3 Å². The van der Waals surface area contributed by atoms with Crippen LogP contribution in [0.3, 0.4) is 0 Å². The number of aryl methyl sites for hydroxylation is 1. The van der Waals surface area contributed by atoms with Crippen LogP contribution in [0.1, 0.15) is 29.2 Å². The number of carbonyl (C=O) groups excluding carboxylic acids is 2. The Morgan fingerprint density at radius 3 is 2.52 bits per heavy atom. The Bertz CT molecular complexity index is 974. The summed E-state index contributed by atoms with van der Waals surface area (Å²) in [7, 11) is 0. The van der Waals surface area contributed by atoms with Crippen LogP contribution < -0.4 is 0 Å². The smallest absolute Gasteiger partial charge is 0.348 e. The molecule has 0 aliphatic heterocycles. The van der Waals surface area contributed by atoms with E-state index in [1.807, 2.05) is 32.9 Å². The fourth-order valence-corrected chi connectivity index (χ4v) is 3.97. The Kier molecular flexibility index (Phi) is 5.82. The van der Waals surface area contributed by atoms with Gasteiger partial charge in [0.1, 0.15) is 9.71 Å². The molecule has 0 saturated heterocycles. The number of halogens is 1. The van der Waals surface area contributed by atoms with Crippen molar-refractivity contribution in [1.29, 1.82) is 0 Å². The summed E-state index contributed by atoms with van der Waals surface area (Å²) in [5, 5.41) is 6.07. The number of ether oxygens (including phenoxy) is 1. The predicted octanol–water partition coefficient (Wildman–Crippen LogP) is 4.07. The molecule has 3 rings (SSSR count). The van der Waals surface area contributed by atoms with Crippen molar-refractivity contribution in [3.63, 3.8) is 0 Å². The Labute approximate surface area is 166 Å². The second-order valence-corrected chi connectivity index (χ2v) is 7.41. The Morgan fingerprint density at radius 2 is 1.89 bits per heavy atom. The fourth-order valence-electron chi connectivity index (χ4n) is 2.77. The molecule has 0 spiro atoms. The van der Waals surface area contributed by atoms with E-state index in [4.69, 9.17) is 16.3 Å². The molecule has 0 fully saturated rings. The van der Waals surface area contributed by atoms with Crippen molar-refractivity contribution in [2.75, 3.05) is 19.7 Å². The highest BCUT2D eigenvalue weighted by atomic mass is 35.5. The molecule has 0 unspecified atom stereocenters. The topological polar surface area (TPSA) is 64.4 Å². The van der Waals surface area contributed by atoms with Gasteiger partial charge in [-0.05, 0) is 51.1 Å². The van der Waals surface area contributed by atoms with Crippen LogP contribution in [0.5, 0.6) is 0 Å². The van der Waals surface area contributed by atoms with Gasteiger partial charge in [0.25, 0.3) is 5.91 Å². The van der Waals surface area contributed by atoms with Gasteiger partial charge in [0.2, 0.25) is 0 Å². The first-order valence-corrected chi connectivity index (χ1v) is 9.84. The summed E-state index contributed by atoms with van der Waals surface area (Å²) in [4.78, 5) is 27.3. The molecule has 2 heterocycles. The van der Waals surface area contributed by atoms with Crippen LogP contribution in [0, 0.1) is 6.92 Å². The van der Waals surface area contributed by atoms with Crippen molar-refractivity contribution in [2.24, 2.45) is 0 Å². The molecule has 6 nitrogen and oxygen atoms in total. The fraction of sp³-hybridized carbons (Fsp3) is 0.316. The first kappa shape index (κ1) is 19.4. The minimum atomic E-state index is -0.501. The monoisotopic (exact) mass is 405 g/mol. The van der Waals surface area contributed by atoms with Gasteiger partial charge in [-0.25, -0.2) is 9.48 Å². The Hall–Kier alpha value is -2.38. The molecule has 0 saturated carbocycles. The van der Waals surface area contributed by atoms with E-state index in [9.17, 15) is 9.59 Å². The molecule has 1 aromatic carbocycles. The van der Waals surface area contributed by atoms with Crippen LogP contribution >= 0.6 is 22.9 Å². The highest BCUT2D eigenvalue weighted by Gasteiger charge is 2.19. The van der Waals surface area contributed by atoms with Gasteiger partial charge in [-0.2, -0.15) is 5.10 Å². The zero-order valence-corrected chi connectivity index (χ0v) is 16.9. The van der Waals surface area contributed by atoms with Gasteiger partial charge in [-0.1, -0.05) is 11.6 Å². The molecule has 0 N–H and O–H groups in total. The van der Waals surface area contributed by atoms with Gasteiger partial charge < -0.3 is 9.64 Å². The van der Waals surface area contributed by atoms with Crippen LogP contribution in [-0.4, -0.2) is 46.3 Å². The van der Waals surface area contributed by atoms with Gasteiger partial charge in [0.05, 0.1) is 11.4 Å². The molecule has 8 heteroatoms. The third-order valence-corrected chi connectivity index (χ3v) is 5.60. The Morgan fingerprint density at radius 1 is 1.22 bits per heavy atom. The van der Waals surface area contributed by atoms with E-state index in [0.717, 1.165) is 21.6 Å². The van der Waals surface area contributed by atoms with E-state index in [1.54, 1.807) is 27.8 Å². The normalized spacial score (nSPS) is 11.0. The molecule has 1 amide bonds. The number of hydrogen-bond donors (Lipinski definition) is 0. The largest absolute Gasteiger partial charge is 0.451 e. The molecular weight excluding hydrogens is 386 g/mol. The van der Waals surface area contributed by atoms with Crippen molar-refractivity contribution in [3.8, 4) is 5.69 Å². The van der Waals surface area contributed by atoms with Crippen molar-refractivity contribution in [3.05, 3.63) is 45.9 Å². The SMILES string of the molecule is CCN(CC)C(=O)COC(=O)c1cc2c(C)nn(-c3ccc(Cl)cc3)c2s1. The summed E-state index contributed by atoms with van der Waals surface area (Å²) < 4.78 is 6.99. The lowest BCUT2D eigenvalue weighted by atomic mass is 10.3. The molecule has 0 radical (unpaired) electrons. The minimum absolute atomic E-state index is 0.196. The zero-order chi connectivity index (χ0) is 19.6. The average Bonchev–Trinajstić information content (AvgIpc) is 3.22. The molecule has 0 aliphatic carbocycles. The molecule has 0 atom stereocenters. The van der Waals surface area contributed by atoms with Crippen molar-refractivity contribution < 1.29 is 14.3 Å². The average molecular weight is 406 g/mol. The maximum atomic E-state index is 12.4. The molecule has 27 heavy (non-hydrogen) atoms. The van der Waals surface area contributed by atoms with Crippen LogP contribution in [-0.2, 0) is 9.53 Å². The number of aromatic nitrogens is 2. The van der Waals surface area contributed by atoms with Gasteiger partial charge in [-0.3, -0.25) is 4.79 Å². The van der Waals surface area contributed by atoms with Crippen molar-refractivity contribution >= 4 is 45.0 Å². The number of amides is 1. The third-order valence-electron chi connectivity index (χ3n) is 4.26. The van der Waals surface area contributed by atoms with E-state index in [0.29, 0.717) is 23.0 Å². The van der Waals surface area contributed by atoms with Crippen LogP contribution in [0.4, 0.5) is 0 Å². The molecule has 142 valence electrons. The number of likely N-dealkylation sites (N-methyl/N-ethyl adjacent to an activating group) is 1. The van der Waals surface area contributed by atoms with Crippen LogP contribution in [0.25, 0.3) is 15.9 Å². The summed E-state index contributed by atoms with van der Waals surface area (Å²) in [6.07, 6.45) is 0. The maximum absolute atomic E-state index is 12.4. The summed E-state index contributed by atoms with van der Waals surface area (Å²) >= 11 is 7.24. The van der Waals surface area contributed by atoms with E-state index in [2.05, 4.69) is 5.10 Å². The van der Waals surface area contributed by atoms with Crippen LogP contribution in [0.2, 0.25) is 5.02 Å². The maximum Gasteiger partial charge on any atom is 0.348 e. The highest BCUT2D eigenvalue weighted by molar-refractivity contribution is 7.20. The number of rotatable bonds is 6. The second kappa shape index (κ2) is 8.10. The van der Waals surface area contributed by atoms with E-state index < -0.39 is 5.97 Å². The number of nitrogens with zero attached hydrogens (tertiary/aromatic N) is 3. The summed E-state index contributed by atoms with van der Waals surface area (Å²) in [6, 6.07) is 9.09. The van der Waals surface area contributed by atoms with E-state index in [1.165, 1.54) is 11.3 Å². The highest BCUT2D eigenvalue weighted by Crippen LogP contribution is 2.31. The van der Waals surface area contributed by atoms with Crippen molar-refractivity contribution in [2.45, 2.75) is 20.8 Å². The summed E-state index contributed by atoms with van der Waals surface area (Å²) in [5.41, 5.74) is 1.67. The standard InChI is InChI=1S/C19H20ClN3O3S/c1-4-22(5-2)17(24)11-26-19(25)16-10-15-12(3)21-23(18(15)27-16)14-8-6-13(20)7-9-14/h6-10H,4-5,11H2,1-3H3. The number of esters is 1. The molecule has 0 aliphatic rings. The van der Waals surface area contributed by atoms with Gasteiger partial charge >= 0.3 is 5.97 Å². The molecular formula is C19H20ClN3O3S. The first-order valence-electron chi connectivity index (χ1n) is 8.64. The van der Waals surface area contributed by atoms with E-state index in [-0.39, 0.29) is 12.5 Å². The second-order valence-electron chi connectivity index (χ2n) is 5.95.